The number of para-hydroxylation sites is 1. The number of benzene rings is 3. The fourth-order valence-corrected chi connectivity index (χ4v) is 5.23. The summed E-state index contributed by atoms with van der Waals surface area (Å²) in [5.74, 6) is 1.04. The standard InChI is InChI=1S/C34H32N2O8/c1-19-30(20-9-12-27-29(16-20)41-14-13-40-27)31(37)24-11-10-22(17-28(24)42-19)43-32(38)26(36-33(39)44-34(2,3)4)15-21-18-35-25-8-6-5-7-23(21)25/h5-12,16-18,26,35H,13-15H2,1-4H3,(H,36,39)/t26-/m1/s1. The molecule has 226 valence electrons. The molecule has 10 nitrogen and oxygen atoms in total. The molecule has 1 aliphatic heterocycles. The zero-order valence-corrected chi connectivity index (χ0v) is 24.8. The summed E-state index contributed by atoms with van der Waals surface area (Å²) in [4.78, 5) is 42.9. The van der Waals surface area contributed by atoms with Gasteiger partial charge in [-0.05, 0) is 69.2 Å². The van der Waals surface area contributed by atoms with Crippen LogP contribution >= 0.6 is 0 Å². The highest BCUT2D eigenvalue weighted by Crippen LogP contribution is 2.35. The van der Waals surface area contributed by atoms with E-state index in [0.717, 1.165) is 16.5 Å². The van der Waals surface area contributed by atoms with E-state index in [1.807, 2.05) is 24.3 Å². The summed E-state index contributed by atoms with van der Waals surface area (Å²) < 4.78 is 28.5. The van der Waals surface area contributed by atoms with Crippen LogP contribution in [0.3, 0.4) is 0 Å². The quantitative estimate of drug-likeness (QED) is 0.179. The first kappa shape index (κ1) is 28.9. The van der Waals surface area contributed by atoms with Crippen molar-refractivity contribution < 1.29 is 33.0 Å². The Morgan fingerprint density at radius 3 is 2.55 bits per heavy atom. The number of aromatic nitrogens is 1. The lowest BCUT2D eigenvalue weighted by Gasteiger charge is -2.23. The third-order valence-corrected chi connectivity index (χ3v) is 7.16. The summed E-state index contributed by atoms with van der Waals surface area (Å²) in [7, 11) is 0. The Morgan fingerprint density at radius 2 is 1.75 bits per heavy atom. The lowest BCUT2D eigenvalue weighted by atomic mass is 10.0. The van der Waals surface area contributed by atoms with Crippen LogP contribution in [0.2, 0.25) is 0 Å². The Hall–Kier alpha value is -5.25. The predicted octanol–water partition coefficient (Wildman–Crippen LogP) is 6.06. The maximum atomic E-state index is 13.6. The van der Waals surface area contributed by atoms with Gasteiger partial charge in [-0.15, -0.1) is 0 Å². The van der Waals surface area contributed by atoms with Gasteiger partial charge in [0.05, 0.1) is 10.9 Å². The van der Waals surface area contributed by atoms with E-state index in [2.05, 4.69) is 10.3 Å². The van der Waals surface area contributed by atoms with Crippen LogP contribution in [0, 0.1) is 6.92 Å². The van der Waals surface area contributed by atoms with E-state index in [0.29, 0.717) is 47.0 Å². The molecule has 2 N–H and O–H groups in total. The third-order valence-electron chi connectivity index (χ3n) is 7.16. The first-order valence-corrected chi connectivity index (χ1v) is 14.3. The largest absolute Gasteiger partial charge is 0.486 e. The van der Waals surface area contributed by atoms with Crippen molar-refractivity contribution in [3.8, 4) is 28.4 Å². The van der Waals surface area contributed by atoms with E-state index in [4.69, 9.17) is 23.4 Å². The molecule has 10 heteroatoms. The number of hydrogen-bond acceptors (Lipinski definition) is 8. The van der Waals surface area contributed by atoms with Gasteiger partial charge in [0.15, 0.2) is 11.5 Å². The summed E-state index contributed by atoms with van der Waals surface area (Å²) in [6, 6.07) is 16.5. The van der Waals surface area contributed by atoms with Crippen molar-refractivity contribution in [1.82, 2.24) is 10.3 Å². The van der Waals surface area contributed by atoms with Crippen LogP contribution in [-0.2, 0) is 16.0 Å². The molecule has 0 unspecified atom stereocenters. The fraction of sp³-hybridized carbons (Fsp3) is 0.265. The lowest BCUT2D eigenvalue weighted by molar-refractivity contribution is -0.136. The zero-order chi connectivity index (χ0) is 31.0. The molecule has 0 radical (unpaired) electrons. The van der Waals surface area contributed by atoms with Crippen LogP contribution in [0.25, 0.3) is 33.0 Å². The summed E-state index contributed by atoms with van der Waals surface area (Å²) in [6.07, 6.45) is 1.21. The molecule has 2 aromatic heterocycles. The third kappa shape index (κ3) is 5.96. The van der Waals surface area contributed by atoms with Gasteiger partial charge in [0.1, 0.15) is 41.9 Å². The summed E-state index contributed by atoms with van der Waals surface area (Å²) in [5, 5.41) is 3.90. The van der Waals surface area contributed by atoms with Gasteiger partial charge < -0.3 is 33.7 Å². The van der Waals surface area contributed by atoms with Crippen LogP contribution in [0.4, 0.5) is 4.79 Å². The molecular formula is C34H32N2O8. The smallest absolute Gasteiger partial charge is 0.408 e. The fourth-order valence-electron chi connectivity index (χ4n) is 5.23. The molecule has 44 heavy (non-hydrogen) atoms. The Bertz CT molecular complexity index is 1950. The van der Waals surface area contributed by atoms with Crippen molar-refractivity contribution in [2.75, 3.05) is 13.2 Å². The number of amides is 1. The number of carbonyl (C=O) groups is 2. The number of aryl methyl sites for hydroxylation is 1. The van der Waals surface area contributed by atoms with Crippen molar-refractivity contribution in [2.45, 2.75) is 45.8 Å². The van der Waals surface area contributed by atoms with Crippen LogP contribution in [0.1, 0.15) is 32.1 Å². The van der Waals surface area contributed by atoms with Crippen molar-refractivity contribution >= 4 is 33.9 Å². The average Bonchev–Trinajstić information content (AvgIpc) is 3.38. The van der Waals surface area contributed by atoms with Gasteiger partial charge in [-0.3, -0.25) is 4.79 Å². The maximum absolute atomic E-state index is 13.6. The van der Waals surface area contributed by atoms with Gasteiger partial charge in [-0.1, -0.05) is 24.3 Å². The molecule has 0 bridgehead atoms. The van der Waals surface area contributed by atoms with Gasteiger partial charge in [-0.25, -0.2) is 9.59 Å². The number of alkyl carbamates (subject to hydrolysis) is 1. The monoisotopic (exact) mass is 596 g/mol. The molecule has 3 heterocycles. The van der Waals surface area contributed by atoms with E-state index in [-0.39, 0.29) is 23.2 Å². The summed E-state index contributed by atoms with van der Waals surface area (Å²) >= 11 is 0. The van der Waals surface area contributed by atoms with E-state index in [1.54, 1.807) is 58.2 Å². The zero-order valence-electron chi connectivity index (χ0n) is 24.8. The molecule has 0 spiro atoms. The highest BCUT2D eigenvalue weighted by Gasteiger charge is 2.28. The minimum atomic E-state index is -1.06. The van der Waals surface area contributed by atoms with E-state index in [1.165, 1.54) is 12.1 Å². The number of rotatable bonds is 6. The summed E-state index contributed by atoms with van der Waals surface area (Å²) in [5.41, 5.74) is 2.04. The van der Waals surface area contributed by atoms with Crippen LogP contribution in [0.5, 0.6) is 17.2 Å². The van der Waals surface area contributed by atoms with Crippen molar-refractivity contribution in [3.05, 3.63) is 88.4 Å². The molecule has 1 aliphatic rings. The van der Waals surface area contributed by atoms with Crippen LogP contribution in [-0.4, -0.2) is 41.9 Å². The Balaban J connectivity index is 1.28. The molecule has 0 fully saturated rings. The molecule has 1 atom stereocenters. The van der Waals surface area contributed by atoms with E-state index in [9.17, 15) is 14.4 Å². The first-order chi connectivity index (χ1) is 21.1. The number of aromatic amines is 1. The number of esters is 1. The molecule has 6 rings (SSSR count). The van der Waals surface area contributed by atoms with Crippen molar-refractivity contribution in [3.63, 3.8) is 0 Å². The highest BCUT2D eigenvalue weighted by molar-refractivity contribution is 5.88. The van der Waals surface area contributed by atoms with E-state index < -0.39 is 23.7 Å². The molecule has 3 aromatic carbocycles. The van der Waals surface area contributed by atoms with Crippen molar-refractivity contribution in [2.24, 2.45) is 0 Å². The Kier molecular flexibility index (Phi) is 7.50. The van der Waals surface area contributed by atoms with Gasteiger partial charge in [0, 0.05) is 29.6 Å². The van der Waals surface area contributed by atoms with E-state index >= 15 is 0 Å². The lowest BCUT2D eigenvalue weighted by Crippen LogP contribution is -2.46. The second kappa shape index (κ2) is 11.4. The summed E-state index contributed by atoms with van der Waals surface area (Å²) in [6.45, 7) is 7.82. The van der Waals surface area contributed by atoms with Crippen LogP contribution < -0.4 is 25.0 Å². The molecule has 0 saturated carbocycles. The van der Waals surface area contributed by atoms with Gasteiger partial charge in [0.2, 0.25) is 5.43 Å². The number of ether oxygens (including phenoxy) is 4. The topological polar surface area (TPSA) is 129 Å². The minimum Gasteiger partial charge on any atom is -0.486 e. The maximum Gasteiger partial charge on any atom is 0.408 e. The molecular weight excluding hydrogens is 564 g/mol. The average molecular weight is 597 g/mol. The second-order valence-electron chi connectivity index (χ2n) is 11.6. The first-order valence-electron chi connectivity index (χ1n) is 14.3. The number of H-pyrrole nitrogens is 1. The van der Waals surface area contributed by atoms with Gasteiger partial charge in [0.25, 0.3) is 0 Å². The minimum absolute atomic E-state index is 0.156. The molecule has 0 saturated heterocycles. The molecule has 5 aromatic rings. The van der Waals surface area contributed by atoms with Crippen molar-refractivity contribution in [1.29, 1.82) is 0 Å². The SMILES string of the molecule is Cc1oc2cc(OC(=O)[C@@H](Cc3c[nH]c4ccccc34)NC(=O)OC(C)(C)C)ccc2c(=O)c1-c1ccc2c(c1)OCCO2. The number of carbonyl (C=O) groups excluding carboxylic acids is 2. The number of hydrogen-bond donors (Lipinski definition) is 2. The molecule has 0 aliphatic carbocycles. The van der Waals surface area contributed by atoms with Crippen LogP contribution in [0.15, 0.2) is 76.1 Å². The predicted molar refractivity (Wildman–Crippen MR) is 164 cm³/mol. The number of nitrogens with one attached hydrogen (secondary N) is 2. The second-order valence-corrected chi connectivity index (χ2v) is 11.6. The molecule has 1 amide bonds. The number of fused-ring (bicyclic) bond motifs is 3. The Labute approximate surface area is 252 Å². The normalized spacial score (nSPS) is 13.5. The Morgan fingerprint density at radius 1 is 0.977 bits per heavy atom. The highest BCUT2D eigenvalue weighted by atomic mass is 16.6. The van der Waals surface area contributed by atoms with Gasteiger partial charge in [-0.2, -0.15) is 0 Å². The van der Waals surface area contributed by atoms with Gasteiger partial charge >= 0.3 is 12.1 Å².